The lowest BCUT2D eigenvalue weighted by Gasteiger charge is -2.07. The Morgan fingerprint density at radius 2 is 2.18 bits per heavy atom. The van der Waals surface area contributed by atoms with Crippen LogP contribution in [0.1, 0.15) is 31.4 Å². The zero-order valence-electron chi connectivity index (χ0n) is 10.1. The Morgan fingerprint density at radius 1 is 1.41 bits per heavy atom. The number of aromatic hydroxyl groups is 1. The van der Waals surface area contributed by atoms with Crippen molar-refractivity contribution < 1.29 is 5.11 Å². The quantitative estimate of drug-likeness (QED) is 0.879. The van der Waals surface area contributed by atoms with Gasteiger partial charge in [0.2, 0.25) is 0 Å². The molecular formula is C13H16N2O2. The van der Waals surface area contributed by atoms with Gasteiger partial charge in [0, 0.05) is 18.0 Å². The van der Waals surface area contributed by atoms with E-state index < -0.39 is 0 Å². The maximum Gasteiger partial charge on any atom is 0.261 e. The highest BCUT2D eigenvalue weighted by Gasteiger charge is 2.08. The smallest absolute Gasteiger partial charge is 0.261 e. The van der Waals surface area contributed by atoms with Gasteiger partial charge in [-0.25, -0.2) is 4.98 Å². The SMILES string of the molecule is CCCc1cnc2c(O)cc(CC)cn2c1=O. The average molecular weight is 232 g/mol. The van der Waals surface area contributed by atoms with Crippen LogP contribution in [0.4, 0.5) is 0 Å². The first kappa shape index (κ1) is 11.6. The third-order valence-electron chi connectivity index (χ3n) is 2.84. The van der Waals surface area contributed by atoms with E-state index in [4.69, 9.17) is 0 Å². The molecule has 1 N–H and O–H groups in total. The number of hydrogen-bond donors (Lipinski definition) is 1. The van der Waals surface area contributed by atoms with E-state index in [1.165, 1.54) is 4.40 Å². The summed E-state index contributed by atoms with van der Waals surface area (Å²) in [7, 11) is 0. The number of aromatic nitrogens is 2. The average Bonchev–Trinajstić information content (AvgIpc) is 2.33. The second-order valence-corrected chi connectivity index (χ2v) is 4.12. The Bertz CT molecular complexity index is 602. The summed E-state index contributed by atoms with van der Waals surface area (Å²) in [6, 6.07) is 1.65. The van der Waals surface area contributed by atoms with Gasteiger partial charge in [-0.2, -0.15) is 0 Å². The molecule has 0 atom stereocenters. The summed E-state index contributed by atoms with van der Waals surface area (Å²) in [6.07, 6.45) is 5.71. The highest BCUT2D eigenvalue weighted by Crippen LogP contribution is 2.17. The first-order valence-corrected chi connectivity index (χ1v) is 5.89. The van der Waals surface area contributed by atoms with Gasteiger partial charge in [0.1, 0.15) is 0 Å². The highest BCUT2D eigenvalue weighted by molar-refractivity contribution is 5.53. The lowest BCUT2D eigenvalue weighted by Crippen LogP contribution is -2.19. The first-order valence-electron chi connectivity index (χ1n) is 5.89. The fourth-order valence-electron chi connectivity index (χ4n) is 1.89. The minimum atomic E-state index is -0.0811. The number of pyridine rings is 1. The molecular weight excluding hydrogens is 216 g/mol. The molecule has 4 heteroatoms. The van der Waals surface area contributed by atoms with Crippen molar-refractivity contribution in [2.24, 2.45) is 0 Å². The van der Waals surface area contributed by atoms with Crippen LogP contribution in [-0.2, 0) is 12.8 Å². The van der Waals surface area contributed by atoms with Gasteiger partial charge in [-0.05, 0) is 24.5 Å². The molecule has 0 radical (unpaired) electrons. The van der Waals surface area contributed by atoms with E-state index in [0.717, 1.165) is 18.4 Å². The maximum absolute atomic E-state index is 12.2. The lowest BCUT2D eigenvalue weighted by atomic mass is 10.2. The fourth-order valence-corrected chi connectivity index (χ4v) is 1.89. The Balaban J connectivity index is 2.75. The third-order valence-corrected chi connectivity index (χ3v) is 2.84. The van der Waals surface area contributed by atoms with Gasteiger partial charge in [-0.1, -0.05) is 20.3 Å². The van der Waals surface area contributed by atoms with E-state index in [2.05, 4.69) is 4.98 Å². The summed E-state index contributed by atoms with van der Waals surface area (Å²) in [4.78, 5) is 16.3. The number of aryl methyl sites for hydroxylation is 2. The Morgan fingerprint density at radius 3 is 2.82 bits per heavy atom. The molecule has 0 unspecified atom stereocenters. The molecule has 0 saturated heterocycles. The van der Waals surface area contributed by atoms with Crippen LogP contribution in [-0.4, -0.2) is 14.5 Å². The van der Waals surface area contributed by atoms with Crippen LogP contribution in [0.5, 0.6) is 5.75 Å². The van der Waals surface area contributed by atoms with Crippen molar-refractivity contribution in [2.45, 2.75) is 33.1 Å². The van der Waals surface area contributed by atoms with E-state index >= 15 is 0 Å². The van der Waals surface area contributed by atoms with Gasteiger partial charge >= 0.3 is 0 Å². The minimum absolute atomic E-state index is 0.0597. The van der Waals surface area contributed by atoms with Crippen molar-refractivity contribution in [3.8, 4) is 5.75 Å². The van der Waals surface area contributed by atoms with Crippen molar-refractivity contribution >= 4 is 5.65 Å². The molecule has 0 fully saturated rings. The molecule has 0 saturated carbocycles. The second kappa shape index (κ2) is 4.57. The molecule has 2 rings (SSSR count). The molecule has 17 heavy (non-hydrogen) atoms. The molecule has 4 nitrogen and oxygen atoms in total. The van der Waals surface area contributed by atoms with Crippen LogP contribution < -0.4 is 5.56 Å². The molecule has 90 valence electrons. The van der Waals surface area contributed by atoms with E-state index in [0.29, 0.717) is 17.6 Å². The zero-order chi connectivity index (χ0) is 12.4. The first-order chi connectivity index (χ1) is 8.17. The van der Waals surface area contributed by atoms with Gasteiger partial charge in [0.15, 0.2) is 11.4 Å². The second-order valence-electron chi connectivity index (χ2n) is 4.12. The zero-order valence-corrected chi connectivity index (χ0v) is 10.1. The topological polar surface area (TPSA) is 54.6 Å². The van der Waals surface area contributed by atoms with E-state index in [9.17, 15) is 9.90 Å². The van der Waals surface area contributed by atoms with Crippen molar-refractivity contribution in [1.29, 1.82) is 0 Å². The van der Waals surface area contributed by atoms with Gasteiger partial charge in [0.25, 0.3) is 5.56 Å². The lowest BCUT2D eigenvalue weighted by molar-refractivity contribution is 0.475. The molecule has 0 spiro atoms. The predicted molar refractivity (Wildman–Crippen MR) is 66.5 cm³/mol. The number of rotatable bonds is 3. The van der Waals surface area contributed by atoms with Crippen molar-refractivity contribution in [3.63, 3.8) is 0 Å². The normalized spacial score (nSPS) is 10.9. The maximum atomic E-state index is 12.2. The summed E-state index contributed by atoms with van der Waals surface area (Å²) >= 11 is 0. The predicted octanol–water partition coefficient (Wildman–Crippen LogP) is 1.91. The van der Waals surface area contributed by atoms with Crippen LogP contribution in [0.15, 0.2) is 23.3 Å². The van der Waals surface area contributed by atoms with E-state index in [1.807, 2.05) is 13.8 Å². The summed E-state index contributed by atoms with van der Waals surface area (Å²) in [5, 5.41) is 9.81. The molecule has 0 aliphatic rings. The summed E-state index contributed by atoms with van der Waals surface area (Å²) < 4.78 is 1.44. The molecule has 2 heterocycles. The van der Waals surface area contributed by atoms with Crippen LogP contribution in [0.2, 0.25) is 0 Å². The van der Waals surface area contributed by atoms with Crippen LogP contribution in [0.3, 0.4) is 0 Å². The monoisotopic (exact) mass is 232 g/mol. The fraction of sp³-hybridized carbons (Fsp3) is 0.385. The summed E-state index contributed by atoms with van der Waals surface area (Å²) in [6.45, 7) is 4.00. The summed E-state index contributed by atoms with van der Waals surface area (Å²) in [5.41, 5.74) is 1.86. The van der Waals surface area contributed by atoms with Gasteiger partial charge in [-0.3, -0.25) is 9.20 Å². The minimum Gasteiger partial charge on any atom is -0.504 e. The Hall–Kier alpha value is -1.84. The largest absolute Gasteiger partial charge is 0.504 e. The van der Waals surface area contributed by atoms with Crippen LogP contribution in [0, 0.1) is 0 Å². The van der Waals surface area contributed by atoms with Crippen molar-refractivity contribution in [1.82, 2.24) is 9.38 Å². The molecule has 0 amide bonds. The van der Waals surface area contributed by atoms with Gasteiger partial charge in [0.05, 0.1) is 0 Å². The number of hydrogen-bond acceptors (Lipinski definition) is 3. The molecule has 2 aromatic heterocycles. The van der Waals surface area contributed by atoms with Gasteiger partial charge in [-0.15, -0.1) is 0 Å². The molecule has 0 aliphatic carbocycles. The Labute approximate surface area is 99.6 Å². The van der Waals surface area contributed by atoms with Crippen LogP contribution >= 0.6 is 0 Å². The number of fused-ring (bicyclic) bond motifs is 1. The Kier molecular flexibility index (Phi) is 3.13. The standard InChI is InChI=1S/C13H16N2O2/c1-3-5-10-7-14-12-11(16)6-9(4-2)8-15(12)13(10)17/h6-8,16H,3-5H2,1-2H3. The van der Waals surface area contributed by atoms with E-state index in [-0.39, 0.29) is 11.3 Å². The third kappa shape index (κ3) is 2.02. The van der Waals surface area contributed by atoms with E-state index in [1.54, 1.807) is 18.5 Å². The van der Waals surface area contributed by atoms with Crippen molar-refractivity contribution in [2.75, 3.05) is 0 Å². The molecule has 2 aromatic rings. The molecule has 0 aliphatic heterocycles. The highest BCUT2D eigenvalue weighted by atomic mass is 16.3. The molecule has 0 bridgehead atoms. The van der Waals surface area contributed by atoms with Gasteiger partial charge < -0.3 is 5.11 Å². The van der Waals surface area contributed by atoms with Crippen molar-refractivity contribution in [3.05, 3.63) is 39.9 Å². The van der Waals surface area contributed by atoms with Crippen LogP contribution in [0.25, 0.3) is 5.65 Å². The summed E-state index contributed by atoms with van der Waals surface area (Å²) in [5.74, 6) is 0.0597. The number of nitrogens with zero attached hydrogens (tertiary/aromatic N) is 2. The molecule has 0 aromatic carbocycles.